The summed E-state index contributed by atoms with van der Waals surface area (Å²) in [6.07, 6.45) is 3.80. The molecule has 1 aliphatic heterocycles. The number of nitrogens with one attached hydrogen (secondary N) is 3. The molecule has 1 amide bonds. The van der Waals surface area contributed by atoms with E-state index < -0.39 is 11.6 Å². The molecule has 1 aliphatic rings. The number of aromatic amines is 1. The van der Waals surface area contributed by atoms with Crippen molar-refractivity contribution >= 4 is 39.9 Å². The lowest BCUT2D eigenvalue weighted by molar-refractivity contribution is 0.0374. The van der Waals surface area contributed by atoms with Gasteiger partial charge in [0.15, 0.2) is 11.6 Å². The number of H-pyrrole nitrogens is 1. The van der Waals surface area contributed by atoms with Gasteiger partial charge in [-0.05, 0) is 30.7 Å². The summed E-state index contributed by atoms with van der Waals surface area (Å²) in [5, 5.41) is 10.3. The van der Waals surface area contributed by atoms with Crippen LogP contribution in [0.3, 0.4) is 0 Å². The Morgan fingerprint density at radius 2 is 1.95 bits per heavy atom. The molecule has 0 aliphatic carbocycles. The minimum absolute atomic E-state index is 0.108. The van der Waals surface area contributed by atoms with Gasteiger partial charge < -0.3 is 26.1 Å². The molecule has 0 spiro atoms. The van der Waals surface area contributed by atoms with Crippen LogP contribution < -0.4 is 16.4 Å². The van der Waals surface area contributed by atoms with Gasteiger partial charge in [0.05, 0.1) is 24.3 Å². The number of rotatable bonds is 8. The second kappa shape index (κ2) is 10.9. The number of carbonyl (C=O) groups excluding carboxylic acids is 1. The number of nitrogen functional groups attached to an aromatic ring is 1. The van der Waals surface area contributed by atoms with Crippen molar-refractivity contribution in [2.45, 2.75) is 6.42 Å². The number of fused-ring (bicyclic) bond motifs is 2. The zero-order valence-electron chi connectivity index (χ0n) is 21.5. The first-order chi connectivity index (χ1) is 19.5. The number of imidazole rings is 1. The molecule has 0 radical (unpaired) electrons. The van der Waals surface area contributed by atoms with Crippen molar-refractivity contribution in [1.29, 1.82) is 0 Å². The highest BCUT2D eigenvalue weighted by Crippen LogP contribution is 2.33. The molecule has 206 valence electrons. The van der Waals surface area contributed by atoms with Gasteiger partial charge in [0, 0.05) is 49.2 Å². The summed E-state index contributed by atoms with van der Waals surface area (Å²) in [5.41, 5.74) is 9.41. The summed E-state index contributed by atoms with van der Waals surface area (Å²) in [7, 11) is 0. The fraction of sp³-hybridized carbons (Fsp3) is 0.259. The minimum atomic E-state index is -0.724. The van der Waals surface area contributed by atoms with E-state index in [0.717, 1.165) is 57.0 Å². The largest absolute Gasteiger partial charge is 0.382 e. The van der Waals surface area contributed by atoms with Crippen LogP contribution in [0, 0.1) is 11.6 Å². The van der Waals surface area contributed by atoms with E-state index in [2.05, 4.69) is 35.6 Å². The number of ether oxygens (including phenoxy) is 1. The first-order valence-corrected chi connectivity index (χ1v) is 12.9. The molecule has 0 atom stereocenters. The number of nitrogens with two attached hydrogens (primary N) is 1. The van der Waals surface area contributed by atoms with E-state index in [0.29, 0.717) is 28.9 Å². The van der Waals surface area contributed by atoms with Gasteiger partial charge in [-0.25, -0.2) is 23.3 Å². The van der Waals surface area contributed by atoms with Crippen molar-refractivity contribution in [3.8, 4) is 11.1 Å². The molecule has 1 fully saturated rings. The second-order valence-corrected chi connectivity index (χ2v) is 9.49. The number of nitrogens with zero attached hydrogens (tertiary/aromatic N) is 5. The quantitative estimate of drug-likeness (QED) is 0.217. The SMILES string of the molecule is Nc1ncnn2cc(C(=O)NCCCN3CCOCC3)c(-c3ccc(Nc4nc5cc(F)cc(F)c5[nH]4)cc3)c12. The van der Waals surface area contributed by atoms with Crippen LogP contribution in [-0.2, 0) is 4.74 Å². The van der Waals surface area contributed by atoms with Crippen LogP contribution in [0.1, 0.15) is 16.8 Å². The molecule has 5 N–H and O–H groups in total. The van der Waals surface area contributed by atoms with E-state index >= 15 is 0 Å². The number of benzene rings is 2. The third-order valence-corrected chi connectivity index (χ3v) is 6.83. The number of morpholine rings is 1. The third-order valence-electron chi connectivity index (χ3n) is 6.83. The van der Waals surface area contributed by atoms with Gasteiger partial charge in [0.1, 0.15) is 23.2 Å². The summed E-state index contributed by atoms with van der Waals surface area (Å²) < 4.78 is 34.5. The van der Waals surface area contributed by atoms with Crippen molar-refractivity contribution in [3.63, 3.8) is 0 Å². The predicted octanol–water partition coefficient (Wildman–Crippen LogP) is 3.33. The molecule has 4 heterocycles. The van der Waals surface area contributed by atoms with Gasteiger partial charge in [0.2, 0.25) is 5.95 Å². The van der Waals surface area contributed by atoms with E-state index in [4.69, 9.17) is 10.5 Å². The highest BCUT2D eigenvalue weighted by Gasteiger charge is 2.22. The Hall–Kier alpha value is -4.62. The number of anilines is 3. The topological polar surface area (TPSA) is 138 Å². The van der Waals surface area contributed by atoms with Crippen molar-refractivity contribution in [2.75, 3.05) is 50.4 Å². The smallest absolute Gasteiger partial charge is 0.253 e. The molecule has 11 nitrogen and oxygen atoms in total. The van der Waals surface area contributed by atoms with Crippen molar-refractivity contribution < 1.29 is 18.3 Å². The van der Waals surface area contributed by atoms with Crippen LogP contribution in [0.2, 0.25) is 0 Å². The maximum Gasteiger partial charge on any atom is 0.253 e. The lowest BCUT2D eigenvalue weighted by atomic mass is 10.0. The summed E-state index contributed by atoms with van der Waals surface area (Å²) in [5.74, 6) is -1.15. The lowest BCUT2D eigenvalue weighted by Crippen LogP contribution is -2.38. The Labute approximate surface area is 227 Å². The minimum Gasteiger partial charge on any atom is -0.382 e. The maximum atomic E-state index is 14.1. The normalized spacial score (nSPS) is 14.2. The highest BCUT2D eigenvalue weighted by molar-refractivity contribution is 6.07. The predicted molar refractivity (Wildman–Crippen MR) is 146 cm³/mol. The second-order valence-electron chi connectivity index (χ2n) is 9.49. The molecule has 5 aromatic rings. The van der Waals surface area contributed by atoms with Crippen LogP contribution in [0.4, 0.5) is 26.2 Å². The molecule has 0 bridgehead atoms. The average Bonchev–Trinajstić information content (AvgIpc) is 3.54. The Bertz CT molecular complexity index is 1680. The average molecular weight is 548 g/mol. The zero-order valence-corrected chi connectivity index (χ0v) is 21.5. The van der Waals surface area contributed by atoms with Crippen LogP contribution in [-0.4, -0.2) is 74.8 Å². The molecule has 3 aromatic heterocycles. The fourth-order valence-electron chi connectivity index (χ4n) is 4.88. The molecule has 6 rings (SSSR count). The lowest BCUT2D eigenvalue weighted by Gasteiger charge is -2.26. The van der Waals surface area contributed by atoms with Gasteiger partial charge in [-0.15, -0.1) is 0 Å². The van der Waals surface area contributed by atoms with Crippen LogP contribution in [0.25, 0.3) is 27.7 Å². The number of amides is 1. The van der Waals surface area contributed by atoms with Crippen molar-refractivity contribution in [2.24, 2.45) is 0 Å². The monoisotopic (exact) mass is 547 g/mol. The summed E-state index contributed by atoms with van der Waals surface area (Å²) in [6.45, 7) is 4.68. The molecule has 0 saturated carbocycles. The summed E-state index contributed by atoms with van der Waals surface area (Å²) in [4.78, 5) is 26.8. The number of hydrogen-bond donors (Lipinski definition) is 4. The molecule has 13 heteroatoms. The molecular weight excluding hydrogens is 520 g/mol. The van der Waals surface area contributed by atoms with Gasteiger partial charge in [-0.3, -0.25) is 9.69 Å². The van der Waals surface area contributed by atoms with Gasteiger partial charge in [-0.2, -0.15) is 5.10 Å². The van der Waals surface area contributed by atoms with Crippen LogP contribution in [0.15, 0.2) is 48.9 Å². The van der Waals surface area contributed by atoms with Gasteiger partial charge in [-0.1, -0.05) is 12.1 Å². The first-order valence-electron chi connectivity index (χ1n) is 12.9. The fourth-order valence-corrected chi connectivity index (χ4v) is 4.88. The van der Waals surface area contributed by atoms with Crippen LogP contribution >= 0.6 is 0 Å². The Morgan fingerprint density at radius 3 is 2.75 bits per heavy atom. The molecule has 0 unspecified atom stereocenters. The molecule has 1 saturated heterocycles. The Morgan fingerprint density at radius 1 is 1.15 bits per heavy atom. The van der Waals surface area contributed by atoms with E-state index in [1.165, 1.54) is 6.33 Å². The highest BCUT2D eigenvalue weighted by atomic mass is 19.1. The van der Waals surface area contributed by atoms with E-state index in [1.54, 1.807) is 22.8 Å². The number of hydrogen-bond acceptors (Lipinski definition) is 8. The summed E-state index contributed by atoms with van der Waals surface area (Å²) >= 11 is 0. The third kappa shape index (κ3) is 5.16. The Balaban J connectivity index is 1.22. The summed E-state index contributed by atoms with van der Waals surface area (Å²) in [6, 6.07) is 9.17. The van der Waals surface area contributed by atoms with Gasteiger partial charge >= 0.3 is 0 Å². The first kappa shape index (κ1) is 25.6. The Kier molecular flexibility index (Phi) is 6.97. The molecular formula is C27H27F2N9O2. The number of carbonyl (C=O) groups is 1. The van der Waals surface area contributed by atoms with E-state index in [9.17, 15) is 13.6 Å². The number of aromatic nitrogens is 5. The molecule has 2 aromatic carbocycles. The van der Waals surface area contributed by atoms with Gasteiger partial charge in [0.25, 0.3) is 5.91 Å². The maximum absolute atomic E-state index is 14.1. The van der Waals surface area contributed by atoms with E-state index in [1.807, 2.05) is 12.1 Å². The van der Waals surface area contributed by atoms with Crippen molar-refractivity contribution in [3.05, 3.63) is 66.1 Å². The molecule has 40 heavy (non-hydrogen) atoms. The van der Waals surface area contributed by atoms with Crippen molar-refractivity contribution in [1.82, 2.24) is 34.8 Å². The zero-order chi connectivity index (χ0) is 27.6. The number of halogens is 2. The van der Waals surface area contributed by atoms with E-state index in [-0.39, 0.29) is 28.7 Å². The van der Waals surface area contributed by atoms with Crippen LogP contribution in [0.5, 0.6) is 0 Å². The standard InChI is InChI=1S/C27H27F2N9O2/c28-17-12-20(29)23-21(13-17)35-27(36-23)34-18-4-2-16(3-5-18)22-19(14-38-24(22)25(30)32-15-33-38)26(39)31-6-1-7-37-8-10-40-11-9-37/h2-5,12-15H,1,6-11H2,(H,31,39)(H2,30,32,33)(H2,34,35,36).